The molecule has 0 saturated carbocycles. The van der Waals surface area contributed by atoms with Gasteiger partial charge in [-0.1, -0.05) is 18.7 Å². The Labute approximate surface area is 154 Å². The molecule has 0 fully saturated rings. The van der Waals surface area contributed by atoms with Crippen LogP contribution in [0.25, 0.3) is 10.1 Å². The topological polar surface area (TPSA) is 91.7 Å². The molecule has 0 aliphatic rings. The first-order chi connectivity index (χ1) is 12.4. The molecule has 0 amide bonds. The summed E-state index contributed by atoms with van der Waals surface area (Å²) >= 11 is 1.10. The van der Waals surface area contributed by atoms with Gasteiger partial charge in [-0.2, -0.15) is 3.96 Å². The van der Waals surface area contributed by atoms with Crippen LogP contribution in [0.4, 0.5) is 0 Å². The van der Waals surface area contributed by atoms with E-state index >= 15 is 0 Å². The van der Waals surface area contributed by atoms with Crippen molar-refractivity contribution < 1.29 is 23.9 Å². The minimum absolute atomic E-state index is 0.0415. The zero-order valence-electron chi connectivity index (χ0n) is 14.4. The number of esters is 2. The fourth-order valence-corrected chi connectivity index (χ4v) is 3.07. The maximum atomic E-state index is 12.2. The van der Waals surface area contributed by atoms with Gasteiger partial charge in [-0.15, -0.1) is 0 Å². The van der Waals surface area contributed by atoms with Crippen molar-refractivity contribution in [2.75, 3.05) is 13.2 Å². The fourth-order valence-electron chi connectivity index (χ4n) is 2.11. The number of hydrogen-bond donors (Lipinski definition) is 0. The highest BCUT2D eigenvalue weighted by Crippen LogP contribution is 2.16. The molecular weight excluding hydrogens is 358 g/mol. The van der Waals surface area contributed by atoms with Gasteiger partial charge in [-0.3, -0.25) is 14.4 Å². The van der Waals surface area contributed by atoms with E-state index in [1.54, 1.807) is 24.3 Å². The average Bonchev–Trinajstić information content (AvgIpc) is 2.95. The largest absolute Gasteiger partial charge is 0.462 e. The molecule has 0 radical (unpaired) electrons. The van der Waals surface area contributed by atoms with Gasteiger partial charge in [-0.05, 0) is 37.0 Å². The summed E-state index contributed by atoms with van der Waals surface area (Å²) in [5, 5.41) is 0.509. The molecule has 1 aromatic carbocycles. The first-order valence-corrected chi connectivity index (χ1v) is 8.80. The first-order valence-electron chi connectivity index (χ1n) is 8.02. The van der Waals surface area contributed by atoms with E-state index in [-0.39, 0.29) is 49.5 Å². The van der Waals surface area contributed by atoms with Crippen molar-refractivity contribution in [3.8, 4) is 0 Å². The molecule has 0 atom stereocenters. The SMILES string of the molecule is C=C(C)C(=O)OCCOC(=O)CCCC(=O)n1sc2ccccc2c1=O. The second-order valence-corrected chi connectivity index (χ2v) is 6.56. The summed E-state index contributed by atoms with van der Waals surface area (Å²) in [6.45, 7) is 4.85. The van der Waals surface area contributed by atoms with Crippen molar-refractivity contribution in [2.45, 2.75) is 26.2 Å². The molecule has 26 heavy (non-hydrogen) atoms. The molecule has 1 aromatic heterocycles. The Hall–Kier alpha value is -2.74. The average molecular weight is 377 g/mol. The van der Waals surface area contributed by atoms with Crippen LogP contribution in [0.2, 0.25) is 0 Å². The highest BCUT2D eigenvalue weighted by atomic mass is 32.1. The van der Waals surface area contributed by atoms with Crippen LogP contribution in [0, 0.1) is 0 Å². The monoisotopic (exact) mass is 377 g/mol. The normalized spacial score (nSPS) is 10.5. The van der Waals surface area contributed by atoms with Gasteiger partial charge < -0.3 is 9.47 Å². The number of nitrogens with zero attached hydrogens (tertiary/aromatic N) is 1. The third kappa shape index (κ3) is 5.13. The molecule has 8 heteroatoms. The highest BCUT2D eigenvalue weighted by Gasteiger charge is 2.14. The van der Waals surface area contributed by atoms with Crippen molar-refractivity contribution in [1.29, 1.82) is 0 Å². The maximum Gasteiger partial charge on any atom is 0.333 e. The maximum absolute atomic E-state index is 12.2. The molecule has 7 nitrogen and oxygen atoms in total. The van der Waals surface area contributed by atoms with Crippen LogP contribution in [0.5, 0.6) is 0 Å². The molecule has 0 bridgehead atoms. The number of carbonyl (C=O) groups is 3. The molecular formula is C18H19NO6S. The first kappa shape index (κ1) is 19.6. The standard InChI is InChI=1S/C18H19NO6S/c1-12(2)18(23)25-11-10-24-16(21)9-5-8-15(20)19-17(22)13-6-3-4-7-14(13)26-19/h3-4,6-7H,1,5,8-11H2,2H3. The smallest absolute Gasteiger partial charge is 0.333 e. The van der Waals surface area contributed by atoms with Gasteiger partial charge in [0.15, 0.2) is 0 Å². The molecule has 0 saturated heterocycles. The Morgan fingerprint density at radius 2 is 1.81 bits per heavy atom. The van der Waals surface area contributed by atoms with E-state index in [0.717, 1.165) is 20.2 Å². The van der Waals surface area contributed by atoms with Crippen molar-refractivity contribution in [2.24, 2.45) is 0 Å². The van der Waals surface area contributed by atoms with Crippen LogP contribution in [0.3, 0.4) is 0 Å². The minimum atomic E-state index is -0.541. The minimum Gasteiger partial charge on any atom is -0.462 e. The number of carbonyl (C=O) groups excluding carboxylic acids is 3. The lowest BCUT2D eigenvalue weighted by Gasteiger charge is -2.06. The second kappa shape index (κ2) is 9.10. The molecule has 0 unspecified atom stereocenters. The Balaban J connectivity index is 1.73. The molecule has 0 N–H and O–H groups in total. The van der Waals surface area contributed by atoms with Crippen LogP contribution >= 0.6 is 11.5 Å². The summed E-state index contributed by atoms with van der Waals surface area (Å²) < 4.78 is 11.6. The number of aromatic nitrogens is 1. The van der Waals surface area contributed by atoms with Crippen LogP contribution in [-0.4, -0.2) is 35.0 Å². The van der Waals surface area contributed by atoms with Gasteiger partial charge >= 0.3 is 11.9 Å². The highest BCUT2D eigenvalue weighted by molar-refractivity contribution is 7.14. The van der Waals surface area contributed by atoms with Crippen molar-refractivity contribution in [3.63, 3.8) is 0 Å². The predicted octanol–water partition coefficient (Wildman–Crippen LogP) is 2.54. The number of hydrogen-bond acceptors (Lipinski definition) is 7. The molecule has 1 heterocycles. The van der Waals surface area contributed by atoms with E-state index in [9.17, 15) is 19.2 Å². The van der Waals surface area contributed by atoms with Gasteiger partial charge in [0.1, 0.15) is 13.2 Å². The zero-order chi connectivity index (χ0) is 19.1. The van der Waals surface area contributed by atoms with Crippen molar-refractivity contribution in [3.05, 3.63) is 46.8 Å². The van der Waals surface area contributed by atoms with E-state index < -0.39 is 11.9 Å². The summed E-state index contributed by atoms with van der Waals surface area (Å²) in [6.07, 6.45) is 0.371. The quantitative estimate of drug-likeness (QED) is 0.399. The van der Waals surface area contributed by atoms with Crippen molar-refractivity contribution >= 4 is 39.5 Å². The summed E-state index contributed by atoms with van der Waals surface area (Å²) in [7, 11) is 0. The van der Waals surface area contributed by atoms with E-state index in [0.29, 0.717) is 5.39 Å². The molecule has 0 spiro atoms. The van der Waals surface area contributed by atoms with E-state index in [1.807, 2.05) is 0 Å². The number of benzene rings is 1. The third-order valence-corrected chi connectivity index (χ3v) is 4.52. The van der Waals surface area contributed by atoms with Crippen LogP contribution in [0.15, 0.2) is 41.2 Å². The predicted molar refractivity (Wildman–Crippen MR) is 97.3 cm³/mol. The number of rotatable bonds is 8. The lowest BCUT2D eigenvalue weighted by Crippen LogP contribution is -2.21. The van der Waals surface area contributed by atoms with E-state index in [4.69, 9.17) is 9.47 Å². The molecule has 2 aromatic rings. The lowest BCUT2D eigenvalue weighted by atomic mass is 10.2. The number of ether oxygens (including phenoxy) is 2. The molecule has 2 rings (SSSR count). The Kier molecular flexibility index (Phi) is 6.85. The lowest BCUT2D eigenvalue weighted by molar-refractivity contribution is -0.150. The van der Waals surface area contributed by atoms with Crippen LogP contribution in [0.1, 0.15) is 31.0 Å². The molecule has 0 aliphatic heterocycles. The molecule has 0 aliphatic carbocycles. The Morgan fingerprint density at radius 3 is 2.50 bits per heavy atom. The summed E-state index contributed by atoms with van der Waals surface area (Å²) in [4.78, 5) is 47.1. The summed E-state index contributed by atoms with van der Waals surface area (Å²) in [6, 6.07) is 7.00. The van der Waals surface area contributed by atoms with Gasteiger partial charge in [0, 0.05) is 18.4 Å². The van der Waals surface area contributed by atoms with Crippen LogP contribution < -0.4 is 5.56 Å². The van der Waals surface area contributed by atoms with E-state index in [1.165, 1.54) is 6.92 Å². The van der Waals surface area contributed by atoms with Gasteiger partial charge in [-0.25, -0.2) is 4.79 Å². The zero-order valence-corrected chi connectivity index (χ0v) is 15.2. The van der Waals surface area contributed by atoms with Crippen molar-refractivity contribution in [1.82, 2.24) is 3.96 Å². The van der Waals surface area contributed by atoms with Crippen LogP contribution in [-0.2, 0) is 19.1 Å². The third-order valence-electron chi connectivity index (χ3n) is 3.42. The van der Waals surface area contributed by atoms with Gasteiger partial charge in [0.05, 0.1) is 10.1 Å². The fraction of sp³-hybridized carbons (Fsp3) is 0.333. The van der Waals surface area contributed by atoms with Gasteiger partial charge in [0.2, 0.25) is 5.91 Å². The summed E-state index contributed by atoms with van der Waals surface area (Å²) in [5.41, 5.74) is -0.0659. The summed E-state index contributed by atoms with van der Waals surface area (Å²) in [5.74, 6) is -1.38. The second-order valence-electron chi connectivity index (χ2n) is 5.57. The Bertz CT molecular complexity index is 894. The Morgan fingerprint density at radius 1 is 1.12 bits per heavy atom. The number of fused-ring (bicyclic) bond motifs is 1. The van der Waals surface area contributed by atoms with Gasteiger partial charge in [0.25, 0.3) is 5.56 Å². The van der Waals surface area contributed by atoms with E-state index in [2.05, 4.69) is 6.58 Å². The molecule has 138 valence electrons.